The lowest BCUT2D eigenvalue weighted by Crippen LogP contribution is -2.29. The van der Waals surface area contributed by atoms with Gasteiger partial charge in [-0.3, -0.25) is 4.98 Å². The normalized spacial score (nSPS) is 14.1. The minimum atomic E-state index is -0.338. The lowest BCUT2D eigenvalue weighted by Gasteiger charge is -2.03. The van der Waals surface area contributed by atoms with Gasteiger partial charge < -0.3 is 0 Å². The van der Waals surface area contributed by atoms with Gasteiger partial charge in [0.05, 0.1) is 23.8 Å². The van der Waals surface area contributed by atoms with Crippen molar-refractivity contribution in [3.05, 3.63) is 64.0 Å². The van der Waals surface area contributed by atoms with Gasteiger partial charge in [-0.1, -0.05) is 0 Å². The average Bonchev–Trinajstić information content (AvgIpc) is 3.37. The molecule has 4 aromatic rings. The number of rotatable bonds is 4. The molecule has 0 N–H and O–H groups in total. The Hall–Kier alpha value is -3.49. The largest absolute Gasteiger partial charge is 0.351 e. The molecule has 0 bridgehead atoms. The molecular weight excluding hydrogens is 346 g/mol. The predicted octanol–water partition coefficient (Wildman–Crippen LogP) is 0.877. The summed E-state index contributed by atoms with van der Waals surface area (Å²) in [5.41, 5.74) is 1.26. The van der Waals surface area contributed by atoms with Gasteiger partial charge in [-0.15, -0.1) is 5.10 Å². The summed E-state index contributed by atoms with van der Waals surface area (Å²) < 4.78 is 5.69. The predicted molar refractivity (Wildman–Crippen MR) is 98.2 cm³/mol. The summed E-state index contributed by atoms with van der Waals surface area (Å²) in [5, 5.41) is 5.21. The molecule has 1 saturated carbocycles. The highest BCUT2D eigenvalue weighted by Crippen LogP contribution is 2.29. The first-order valence-corrected chi connectivity index (χ1v) is 8.77. The van der Waals surface area contributed by atoms with Crippen LogP contribution in [0.4, 0.5) is 0 Å². The second-order valence-electron chi connectivity index (χ2n) is 6.85. The van der Waals surface area contributed by atoms with E-state index in [0.717, 1.165) is 23.9 Å². The lowest BCUT2D eigenvalue weighted by atomic mass is 10.3. The molecule has 27 heavy (non-hydrogen) atoms. The minimum Gasteiger partial charge on any atom is -0.262 e. The number of nitrogens with zero attached hydrogens (tertiary/aromatic N) is 7. The fourth-order valence-corrected chi connectivity index (χ4v) is 3.22. The SMILES string of the molecule is Cn1c(=O)n(CC2CC2)c(=O)n1-c1cnc2nn(-c3cccnc3)cc2c1. The number of hydrogen-bond acceptors (Lipinski definition) is 5. The molecule has 0 radical (unpaired) electrons. The highest BCUT2D eigenvalue weighted by atomic mass is 16.2. The second-order valence-corrected chi connectivity index (χ2v) is 6.85. The van der Waals surface area contributed by atoms with Crippen LogP contribution in [0, 0.1) is 5.92 Å². The maximum absolute atomic E-state index is 12.8. The van der Waals surface area contributed by atoms with E-state index in [1.165, 1.54) is 13.9 Å². The molecule has 4 heterocycles. The second kappa shape index (κ2) is 5.76. The maximum Gasteiger partial charge on any atom is 0.351 e. The maximum atomic E-state index is 12.8. The van der Waals surface area contributed by atoms with Crippen molar-refractivity contribution in [1.29, 1.82) is 0 Å². The summed E-state index contributed by atoms with van der Waals surface area (Å²) >= 11 is 0. The van der Waals surface area contributed by atoms with Crippen molar-refractivity contribution in [2.24, 2.45) is 13.0 Å². The highest BCUT2D eigenvalue weighted by Gasteiger charge is 2.25. The van der Waals surface area contributed by atoms with Crippen molar-refractivity contribution in [3.63, 3.8) is 0 Å². The summed E-state index contributed by atoms with van der Waals surface area (Å²) in [4.78, 5) is 33.7. The van der Waals surface area contributed by atoms with Gasteiger partial charge in [0.2, 0.25) is 0 Å². The molecule has 1 aliphatic carbocycles. The van der Waals surface area contributed by atoms with Crippen molar-refractivity contribution < 1.29 is 0 Å². The third kappa shape index (κ3) is 2.59. The topological polar surface area (TPSA) is 92.5 Å². The van der Waals surface area contributed by atoms with Gasteiger partial charge in [0.1, 0.15) is 0 Å². The summed E-state index contributed by atoms with van der Waals surface area (Å²) in [6.45, 7) is 0.479. The van der Waals surface area contributed by atoms with Gasteiger partial charge in [0.25, 0.3) is 0 Å². The molecule has 0 saturated heterocycles. The molecule has 1 aliphatic rings. The Morgan fingerprint density at radius 2 is 2.00 bits per heavy atom. The van der Waals surface area contributed by atoms with Gasteiger partial charge in [0.15, 0.2) is 5.65 Å². The Morgan fingerprint density at radius 1 is 1.15 bits per heavy atom. The summed E-state index contributed by atoms with van der Waals surface area (Å²) in [5.74, 6) is 0.435. The summed E-state index contributed by atoms with van der Waals surface area (Å²) in [6.07, 6.45) is 8.93. The van der Waals surface area contributed by atoms with E-state index in [1.807, 2.05) is 24.4 Å². The Balaban J connectivity index is 1.62. The summed E-state index contributed by atoms with van der Waals surface area (Å²) in [7, 11) is 1.59. The summed E-state index contributed by atoms with van der Waals surface area (Å²) in [6, 6.07) is 5.54. The van der Waals surface area contributed by atoms with Crippen molar-refractivity contribution in [2.45, 2.75) is 19.4 Å². The van der Waals surface area contributed by atoms with Crippen LogP contribution >= 0.6 is 0 Å². The molecule has 4 aromatic heterocycles. The van der Waals surface area contributed by atoms with E-state index in [-0.39, 0.29) is 11.4 Å². The first-order chi connectivity index (χ1) is 13.1. The van der Waals surface area contributed by atoms with E-state index in [4.69, 9.17) is 0 Å². The van der Waals surface area contributed by atoms with Crippen molar-refractivity contribution >= 4 is 11.0 Å². The molecule has 0 amide bonds. The monoisotopic (exact) mass is 363 g/mol. The molecule has 0 aliphatic heterocycles. The van der Waals surface area contributed by atoms with Crippen molar-refractivity contribution in [1.82, 2.24) is 33.7 Å². The third-order valence-electron chi connectivity index (χ3n) is 4.86. The van der Waals surface area contributed by atoms with Crippen molar-refractivity contribution in [3.8, 4) is 11.4 Å². The zero-order chi connectivity index (χ0) is 18.5. The Morgan fingerprint density at radius 3 is 2.74 bits per heavy atom. The smallest absolute Gasteiger partial charge is 0.262 e. The van der Waals surface area contributed by atoms with Crippen LogP contribution in [-0.4, -0.2) is 33.7 Å². The average molecular weight is 363 g/mol. The van der Waals surface area contributed by atoms with Crippen LogP contribution < -0.4 is 11.4 Å². The number of pyridine rings is 2. The van der Waals surface area contributed by atoms with E-state index < -0.39 is 0 Å². The van der Waals surface area contributed by atoms with E-state index in [0.29, 0.717) is 23.8 Å². The van der Waals surface area contributed by atoms with Crippen molar-refractivity contribution in [2.75, 3.05) is 0 Å². The molecule has 0 atom stereocenters. The Kier molecular flexibility index (Phi) is 3.36. The van der Waals surface area contributed by atoms with Gasteiger partial charge in [-0.2, -0.15) is 4.68 Å². The molecule has 9 heteroatoms. The molecule has 1 fully saturated rings. The molecule has 136 valence electrons. The fraction of sp³-hybridized carbons (Fsp3) is 0.278. The van der Waals surface area contributed by atoms with E-state index >= 15 is 0 Å². The van der Waals surface area contributed by atoms with Gasteiger partial charge in [-0.25, -0.2) is 28.5 Å². The molecule has 9 nitrogen and oxygen atoms in total. The first-order valence-electron chi connectivity index (χ1n) is 8.77. The minimum absolute atomic E-state index is 0.307. The van der Waals surface area contributed by atoms with Crippen LogP contribution in [-0.2, 0) is 13.6 Å². The molecule has 0 aromatic carbocycles. The van der Waals surface area contributed by atoms with E-state index in [2.05, 4.69) is 15.1 Å². The van der Waals surface area contributed by atoms with Crippen LogP contribution in [0.3, 0.4) is 0 Å². The highest BCUT2D eigenvalue weighted by molar-refractivity contribution is 5.76. The Labute approximate surface area is 153 Å². The zero-order valence-electron chi connectivity index (χ0n) is 14.7. The van der Waals surface area contributed by atoms with Gasteiger partial charge in [0, 0.05) is 31.4 Å². The van der Waals surface area contributed by atoms with Crippen LogP contribution in [0.25, 0.3) is 22.4 Å². The third-order valence-corrected chi connectivity index (χ3v) is 4.86. The van der Waals surface area contributed by atoms with Crippen LogP contribution in [0.1, 0.15) is 12.8 Å². The van der Waals surface area contributed by atoms with Crippen LogP contribution in [0.15, 0.2) is 52.6 Å². The molecule has 0 spiro atoms. The Bertz CT molecular complexity index is 1260. The van der Waals surface area contributed by atoms with E-state index in [9.17, 15) is 9.59 Å². The molecule has 5 rings (SSSR count). The fourth-order valence-electron chi connectivity index (χ4n) is 3.22. The first kappa shape index (κ1) is 15.7. The number of aromatic nitrogens is 7. The lowest BCUT2D eigenvalue weighted by molar-refractivity contribution is 0.583. The van der Waals surface area contributed by atoms with E-state index in [1.54, 1.807) is 30.3 Å². The van der Waals surface area contributed by atoms with Gasteiger partial charge in [-0.05, 0) is 37.0 Å². The molecule has 0 unspecified atom stereocenters. The number of fused-ring (bicyclic) bond motifs is 1. The van der Waals surface area contributed by atoms with Crippen LogP contribution in [0.2, 0.25) is 0 Å². The van der Waals surface area contributed by atoms with Crippen LogP contribution in [0.5, 0.6) is 0 Å². The number of hydrogen-bond donors (Lipinski definition) is 0. The van der Waals surface area contributed by atoms with Gasteiger partial charge >= 0.3 is 11.4 Å². The standard InChI is InChI=1S/C18H17N7O2/c1-22-17(26)23(10-12-4-5-12)18(27)25(22)15-7-13-11-24(21-16(13)20-9-15)14-3-2-6-19-8-14/h2-3,6-9,11-12H,4-5,10H2,1H3. The molecular formula is C18H17N7O2. The quantitative estimate of drug-likeness (QED) is 0.537. The zero-order valence-corrected chi connectivity index (χ0v) is 14.7.